The maximum atomic E-state index is 13.8. The minimum atomic E-state index is -4.66. The van der Waals surface area contributed by atoms with E-state index in [1.54, 1.807) is 18.2 Å². The molecule has 3 heterocycles. The third kappa shape index (κ3) is 4.52. The summed E-state index contributed by atoms with van der Waals surface area (Å²) in [5, 5.41) is 19.9. The lowest BCUT2D eigenvalue weighted by Crippen LogP contribution is -2.17. The highest BCUT2D eigenvalue weighted by Crippen LogP contribution is 2.37. The van der Waals surface area contributed by atoms with E-state index in [0.29, 0.717) is 27.4 Å². The first-order chi connectivity index (χ1) is 17.1. The zero-order valence-corrected chi connectivity index (χ0v) is 19.7. The van der Waals surface area contributed by atoms with Crippen LogP contribution in [0.2, 0.25) is 5.02 Å². The number of aromatic hydroxyl groups is 1. The van der Waals surface area contributed by atoms with E-state index in [1.807, 2.05) is 0 Å². The average molecular weight is 533 g/mol. The van der Waals surface area contributed by atoms with Crippen molar-refractivity contribution >= 4 is 40.7 Å². The lowest BCUT2D eigenvalue weighted by molar-refractivity contribution is -0.138. The molecule has 0 saturated heterocycles. The fourth-order valence-corrected chi connectivity index (χ4v) is 5.04. The minimum absolute atomic E-state index is 0.0525. The molecule has 1 aliphatic rings. The lowest BCUT2D eigenvalue weighted by atomic mass is 9.96. The highest BCUT2D eigenvalue weighted by atomic mass is 35.5. The number of imidazole rings is 1. The quantitative estimate of drug-likeness (QED) is 0.366. The first-order valence-corrected chi connectivity index (χ1v) is 11.6. The van der Waals surface area contributed by atoms with Gasteiger partial charge in [-0.15, -0.1) is 0 Å². The molecule has 184 valence electrons. The molecule has 0 aliphatic carbocycles. The summed E-state index contributed by atoms with van der Waals surface area (Å²) in [5.41, 5.74) is 6.10. The lowest BCUT2D eigenvalue weighted by Gasteiger charge is -2.15. The summed E-state index contributed by atoms with van der Waals surface area (Å²) in [6, 6.07) is 8.57. The van der Waals surface area contributed by atoms with Crippen molar-refractivity contribution in [3.8, 4) is 5.88 Å². The third-order valence-electron chi connectivity index (χ3n) is 5.60. The van der Waals surface area contributed by atoms with Gasteiger partial charge in [0.15, 0.2) is 5.95 Å². The minimum Gasteiger partial charge on any atom is -0.493 e. The number of nitrogen functional groups attached to an aromatic ring is 1. The summed E-state index contributed by atoms with van der Waals surface area (Å²) in [4.78, 5) is 19.1. The number of hydrogen-bond donors (Lipinski definition) is 3. The van der Waals surface area contributed by atoms with E-state index in [2.05, 4.69) is 20.2 Å². The number of rotatable bonds is 5. The Morgan fingerprint density at radius 3 is 2.75 bits per heavy atom. The summed E-state index contributed by atoms with van der Waals surface area (Å²) in [7, 11) is 0. The Labute approximate surface area is 209 Å². The van der Waals surface area contributed by atoms with Crippen LogP contribution in [-0.2, 0) is 19.1 Å². The molecule has 0 bridgehead atoms. The number of thiazole rings is 1. The van der Waals surface area contributed by atoms with Crippen molar-refractivity contribution in [2.24, 2.45) is 10.2 Å². The van der Waals surface area contributed by atoms with Crippen LogP contribution in [0.15, 0.2) is 57.6 Å². The van der Waals surface area contributed by atoms with Gasteiger partial charge in [-0.25, -0.2) is 4.98 Å². The van der Waals surface area contributed by atoms with Gasteiger partial charge in [-0.05, 0) is 40.6 Å². The second-order valence-electron chi connectivity index (χ2n) is 7.97. The number of H-pyrrole nitrogens is 1. The van der Waals surface area contributed by atoms with Gasteiger partial charge in [-0.1, -0.05) is 35.1 Å². The molecule has 0 unspecified atom stereocenters. The van der Waals surface area contributed by atoms with Crippen LogP contribution in [0.5, 0.6) is 5.88 Å². The monoisotopic (exact) mass is 532 g/mol. The molecule has 4 aromatic rings. The van der Waals surface area contributed by atoms with Crippen LogP contribution in [0.1, 0.15) is 27.3 Å². The summed E-state index contributed by atoms with van der Waals surface area (Å²) in [6.45, 7) is -0.0525. The van der Waals surface area contributed by atoms with Gasteiger partial charge in [-0.3, -0.25) is 9.36 Å². The summed E-state index contributed by atoms with van der Waals surface area (Å²) >= 11 is 6.58. The van der Waals surface area contributed by atoms with E-state index in [1.165, 1.54) is 24.5 Å². The molecule has 1 aliphatic heterocycles. The van der Waals surface area contributed by atoms with Gasteiger partial charge in [0, 0.05) is 17.0 Å². The molecule has 0 amide bonds. The van der Waals surface area contributed by atoms with Gasteiger partial charge in [0.2, 0.25) is 5.88 Å². The first kappa shape index (κ1) is 23.8. The van der Waals surface area contributed by atoms with E-state index < -0.39 is 16.6 Å². The van der Waals surface area contributed by atoms with Crippen LogP contribution in [0, 0.1) is 0 Å². The van der Waals surface area contributed by atoms with Crippen LogP contribution < -0.4 is 21.2 Å². The van der Waals surface area contributed by atoms with Gasteiger partial charge < -0.3 is 15.8 Å². The van der Waals surface area contributed by atoms with Gasteiger partial charge in [-0.2, -0.15) is 23.4 Å². The van der Waals surface area contributed by atoms with E-state index in [4.69, 9.17) is 17.3 Å². The molecule has 13 heteroatoms. The second-order valence-corrected chi connectivity index (χ2v) is 9.37. The van der Waals surface area contributed by atoms with E-state index >= 15 is 0 Å². The Kier molecular flexibility index (Phi) is 5.92. The molecular formula is C23H16ClF3N6O2S. The van der Waals surface area contributed by atoms with Crippen molar-refractivity contribution in [3.63, 3.8) is 0 Å². The number of hydrogen-bond acceptors (Lipinski definition) is 7. The van der Waals surface area contributed by atoms with Crippen LogP contribution in [-0.4, -0.2) is 25.9 Å². The summed E-state index contributed by atoms with van der Waals surface area (Å²) in [5.74, 6) is -0.234. The highest BCUT2D eigenvalue weighted by molar-refractivity contribution is 7.10. The number of nitrogens with zero attached hydrogens (tertiary/aromatic N) is 4. The molecule has 0 radical (unpaired) electrons. The molecule has 0 spiro atoms. The van der Waals surface area contributed by atoms with Crippen molar-refractivity contribution in [2.45, 2.75) is 19.1 Å². The molecular weight excluding hydrogens is 517 g/mol. The normalized spacial score (nSPS) is 13.6. The molecule has 5 rings (SSSR count). The number of nitrogens with one attached hydrogen (secondary N) is 1. The molecule has 36 heavy (non-hydrogen) atoms. The summed E-state index contributed by atoms with van der Waals surface area (Å²) < 4.78 is 42.6. The van der Waals surface area contributed by atoms with Crippen molar-refractivity contribution in [3.05, 3.63) is 95.1 Å². The fourth-order valence-electron chi connectivity index (χ4n) is 3.92. The largest absolute Gasteiger partial charge is 0.493 e. The molecule has 2 aromatic heterocycles. The Hall–Kier alpha value is -3.90. The van der Waals surface area contributed by atoms with Gasteiger partial charge in [0.05, 0.1) is 40.4 Å². The SMILES string of the molecule is Nc1ncc(Cn2c(O)c(C(Cc3ccc(Cl)cc3C(F)(F)F)=c3ccc4c(c3)C=NN=4)sc2=O)[nH]1. The number of benzene rings is 2. The van der Waals surface area contributed by atoms with Gasteiger partial charge in [0.1, 0.15) is 0 Å². The smallest absolute Gasteiger partial charge is 0.416 e. The number of nitrogens with two attached hydrogens (primary N) is 1. The molecule has 0 atom stereocenters. The van der Waals surface area contributed by atoms with E-state index in [-0.39, 0.29) is 40.3 Å². The Balaban J connectivity index is 1.70. The van der Waals surface area contributed by atoms with Crippen LogP contribution in [0.25, 0.3) is 5.57 Å². The zero-order valence-electron chi connectivity index (χ0n) is 18.2. The van der Waals surface area contributed by atoms with Crippen molar-refractivity contribution in [2.75, 3.05) is 5.73 Å². The van der Waals surface area contributed by atoms with Crippen LogP contribution >= 0.6 is 22.9 Å². The van der Waals surface area contributed by atoms with Crippen molar-refractivity contribution in [1.29, 1.82) is 0 Å². The van der Waals surface area contributed by atoms with Gasteiger partial charge >= 0.3 is 11.0 Å². The molecule has 4 N–H and O–H groups in total. The van der Waals surface area contributed by atoms with E-state index in [9.17, 15) is 23.1 Å². The number of aromatic amines is 1. The Bertz CT molecular complexity index is 1700. The van der Waals surface area contributed by atoms with Gasteiger partial charge in [0.25, 0.3) is 0 Å². The second kappa shape index (κ2) is 8.95. The third-order valence-corrected chi connectivity index (χ3v) is 6.87. The topological polar surface area (TPSA) is 122 Å². The molecule has 8 nitrogen and oxygen atoms in total. The van der Waals surface area contributed by atoms with Crippen LogP contribution in [0.3, 0.4) is 0 Å². The molecule has 0 fully saturated rings. The summed E-state index contributed by atoms with van der Waals surface area (Å²) in [6.07, 6.45) is -1.94. The Morgan fingerprint density at radius 2 is 2.03 bits per heavy atom. The number of aromatic nitrogens is 3. The zero-order chi connectivity index (χ0) is 25.6. The van der Waals surface area contributed by atoms with Crippen molar-refractivity contribution in [1.82, 2.24) is 14.5 Å². The molecule has 2 aromatic carbocycles. The van der Waals surface area contributed by atoms with Crippen LogP contribution in [0.4, 0.5) is 19.1 Å². The number of alkyl halides is 3. The first-order valence-electron chi connectivity index (χ1n) is 10.4. The number of fused-ring (bicyclic) bond motifs is 1. The number of halogens is 4. The maximum Gasteiger partial charge on any atom is 0.416 e. The highest BCUT2D eigenvalue weighted by Gasteiger charge is 2.34. The predicted octanol–water partition coefficient (Wildman–Crippen LogP) is 3.05. The maximum absolute atomic E-state index is 13.8. The predicted molar refractivity (Wildman–Crippen MR) is 130 cm³/mol. The average Bonchev–Trinajstić information content (AvgIpc) is 3.53. The number of anilines is 1. The molecule has 0 saturated carbocycles. The fraction of sp³-hybridized carbons (Fsp3) is 0.130. The van der Waals surface area contributed by atoms with Crippen molar-refractivity contribution < 1.29 is 18.3 Å². The Morgan fingerprint density at radius 1 is 1.22 bits per heavy atom. The standard InChI is InChI=1S/C23H16ClF3N6O2S/c24-14-3-1-12(17(7-14)23(25,26)27)6-16(11-2-4-18-13(5-11)8-30-32-18)19-20(34)33(22(35)36-19)10-15-9-29-21(28)31-15/h1-5,7-9,34H,6,10H2,(H3,28,29,31). The van der Waals surface area contributed by atoms with E-state index in [0.717, 1.165) is 22.0 Å².